The fourth-order valence-corrected chi connectivity index (χ4v) is 26.6. The molecule has 1 nitrogen and oxygen atoms in total. The fraction of sp³-hybridized carbons (Fsp3) is 0.727. The minimum absolute atomic E-state index is 0.862. The molecule has 3 heteroatoms. The molecule has 0 spiro atoms. The van der Waals surface area contributed by atoms with Gasteiger partial charge in [-0.05, 0) is 0 Å². The molecule has 144 valence electrons. The first-order valence-electron chi connectivity index (χ1n) is 10.4. The second-order valence-electron chi connectivity index (χ2n) is 7.37. The molecule has 1 rings (SSSR count). The molecule has 1 aromatic carbocycles. The van der Waals surface area contributed by atoms with Crippen molar-refractivity contribution in [3.8, 4) is 0 Å². The van der Waals surface area contributed by atoms with Crippen LogP contribution in [0.1, 0.15) is 65.7 Å². The Morgan fingerprint density at radius 1 is 0.880 bits per heavy atom. The second kappa shape index (κ2) is 14.4. The number of benzene rings is 1. The average molecular weight is 471 g/mol. The first kappa shape index (κ1) is 23.4. The van der Waals surface area contributed by atoms with Crippen LogP contribution in [-0.2, 0) is 4.74 Å². The van der Waals surface area contributed by atoms with Crippen LogP contribution in [0.2, 0.25) is 13.3 Å². The van der Waals surface area contributed by atoms with Crippen LogP contribution in [0.5, 0.6) is 0 Å². The monoisotopic (exact) mass is 472 g/mol. The van der Waals surface area contributed by atoms with Gasteiger partial charge >= 0.3 is 166 Å². The SMILES string of the molecule is CCC[CH2][Sn]([CH2]CCC)([CH2]CCC)[CH](CCOC)Sc1ccccc1. The summed E-state index contributed by atoms with van der Waals surface area (Å²) in [5.41, 5.74) is 0. The van der Waals surface area contributed by atoms with Gasteiger partial charge in [0.15, 0.2) is 0 Å². The van der Waals surface area contributed by atoms with Gasteiger partial charge in [-0.3, -0.25) is 0 Å². The summed E-state index contributed by atoms with van der Waals surface area (Å²) in [7, 11) is 1.87. The van der Waals surface area contributed by atoms with Crippen LogP contribution < -0.4 is 0 Å². The van der Waals surface area contributed by atoms with E-state index >= 15 is 0 Å². The Bertz CT molecular complexity index is 402. The summed E-state index contributed by atoms with van der Waals surface area (Å²) in [6.45, 7) is 8.02. The summed E-state index contributed by atoms with van der Waals surface area (Å²) in [5, 5.41) is 0. The molecule has 0 saturated heterocycles. The average Bonchev–Trinajstić information content (AvgIpc) is 2.66. The van der Waals surface area contributed by atoms with E-state index in [1.54, 1.807) is 13.3 Å². The zero-order chi connectivity index (χ0) is 18.4. The van der Waals surface area contributed by atoms with E-state index in [0.29, 0.717) is 0 Å². The fourth-order valence-electron chi connectivity index (χ4n) is 3.82. The van der Waals surface area contributed by atoms with Crippen molar-refractivity contribution in [1.82, 2.24) is 0 Å². The Hall–Kier alpha value is 0.329. The quantitative estimate of drug-likeness (QED) is 0.193. The van der Waals surface area contributed by atoms with Crippen molar-refractivity contribution in [2.24, 2.45) is 0 Å². The van der Waals surface area contributed by atoms with Crippen molar-refractivity contribution in [2.75, 3.05) is 13.7 Å². The van der Waals surface area contributed by atoms with Gasteiger partial charge in [0.25, 0.3) is 0 Å². The van der Waals surface area contributed by atoms with E-state index in [9.17, 15) is 0 Å². The third-order valence-electron chi connectivity index (χ3n) is 5.37. The summed E-state index contributed by atoms with van der Waals surface area (Å²) in [4.78, 5) is 1.47. The van der Waals surface area contributed by atoms with Gasteiger partial charge in [-0.15, -0.1) is 0 Å². The number of thioether (sulfide) groups is 1. The molecule has 0 amide bonds. The molecular formula is C22H40OSSn. The number of hydrogen-bond acceptors (Lipinski definition) is 2. The molecule has 0 N–H and O–H groups in total. The van der Waals surface area contributed by atoms with Crippen LogP contribution >= 0.6 is 11.8 Å². The molecule has 0 aliphatic carbocycles. The molecule has 0 fully saturated rings. The van der Waals surface area contributed by atoms with E-state index in [4.69, 9.17) is 4.74 Å². The van der Waals surface area contributed by atoms with Crippen molar-refractivity contribution in [2.45, 2.75) is 87.2 Å². The van der Waals surface area contributed by atoms with Crippen molar-refractivity contribution in [3.05, 3.63) is 30.3 Å². The molecule has 0 heterocycles. The summed E-state index contributed by atoms with van der Waals surface area (Å²) in [6, 6.07) is 11.1. The summed E-state index contributed by atoms with van der Waals surface area (Å²) in [6.07, 6.45) is 9.65. The molecule has 0 aromatic heterocycles. The van der Waals surface area contributed by atoms with Crippen LogP contribution in [0.25, 0.3) is 0 Å². The molecule has 0 radical (unpaired) electrons. The molecule has 0 bridgehead atoms. The molecular weight excluding hydrogens is 431 g/mol. The van der Waals surface area contributed by atoms with E-state index in [2.05, 4.69) is 62.9 Å². The number of methoxy groups -OCH3 is 1. The second-order valence-corrected chi connectivity index (χ2v) is 23.9. The Balaban J connectivity index is 3.06. The van der Waals surface area contributed by atoms with E-state index < -0.39 is 18.4 Å². The summed E-state index contributed by atoms with van der Waals surface area (Å²) < 4.78 is 11.1. The van der Waals surface area contributed by atoms with Crippen LogP contribution in [-0.4, -0.2) is 35.4 Å². The molecule has 1 aromatic rings. The molecule has 0 saturated carbocycles. The number of ether oxygens (including phenoxy) is 1. The third kappa shape index (κ3) is 8.70. The zero-order valence-corrected chi connectivity index (χ0v) is 20.7. The van der Waals surface area contributed by atoms with Gasteiger partial charge in [0, 0.05) is 0 Å². The van der Waals surface area contributed by atoms with Crippen molar-refractivity contribution >= 4 is 30.1 Å². The van der Waals surface area contributed by atoms with E-state index in [1.807, 2.05) is 7.11 Å². The van der Waals surface area contributed by atoms with Gasteiger partial charge in [-0.1, -0.05) is 0 Å². The first-order chi connectivity index (χ1) is 12.2. The van der Waals surface area contributed by atoms with Crippen LogP contribution in [0.3, 0.4) is 0 Å². The summed E-state index contributed by atoms with van der Waals surface area (Å²) >= 11 is -0.0383. The van der Waals surface area contributed by atoms with E-state index in [0.717, 1.165) is 9.87 Å². The Morgan fingerprint density at radius 2 is 1.40 bits per heavy atom. The number of hydrogen-bond donors (Lipinski definition) is 0. The van der Waals surface area contributed by atoms with Crippen molar-refractivity contribution in [1.29, 1.82) is 0 Å². The Morgan fingerprint density at radius 3 is 1.84 bits per heavy atom. The minimum atomic E-state index is -2.24. The van der Waals surface area contributed by atoms with Crippen LogP contribution in [0.4, 0.5) is 0 Å². The Kier molecular flexibility index (Phi) is 13.5. The Labute approximate surface area is 165 Å². The van der Waals surface area contributed by atoms with Gasteiger partial charge in [0.2, 0.25) is 0 Å². The van der Waals surface area contributed by atoms with Gasteiger partial charge in [0.05, 0.1) is 0 Å². The predicted molar refractivity (Wildman–Crippen MR) is 117 cm³/mol. The van der Waals surface area contributed by atoms with E-state index in [-0.39, 0.29) is 0 Å². The zero-order valence-electron chi connectivity index (χ0n) is 17.1. The maximum absolute atomic E-state index is 5.54. The van der Waals surface area contributed by atoms with Gasteiger partial charge in [0.1, 0.15) is 0 Å². The van der Waals surface area contributed by atoms with E-state index in [1.165, 1.54) is 49.8 Å². The van der Waals surface area contributed by atoms with Gasteiger partial charge in [-0.25, -0.2) is 0 Å². The van der Waals surface area contributed by atoms with Crippen molar-refractivity contribution in [3.63, 3.8) is 0 Å². The molecule has 1 atom stereocenters. The third-order valence-corrected chi connectivity index (χ3v) is 27.1. The topological polar surface area (TPSA) is 9.23 Å². The van der Waals surface area contributed by atoms with Crippen LogP contribution in [0.15, 0.2) is 35.2 Å². The number of unbranched alkanes of at least 4 members (excludes halogenated alkanes) is 3. The van der Waals surface area contributed by atoms with Crippen LogP contribution in [0, 0.1) is 0 Å². The molecule has 1 unspecified atom stereocenters. The normalized spacial score (nSPS) is 13.1. The van der Waals surface area contributed by atoms with Gasteiger partial charge < -0.3 is 0 Å². The molecule has 0 aliphatic heterocycles. The summed E-state index contributed by atoms with van der Waals surface area (Å²) in [5.74, 6) is 0. The molecule has 25 heavy (non-hydrogen) atoms. The molecule has 0 aliphatic rings. The van der Waals surface area contributed by atoms with Crippen molar-refractivity contribution < 1.29 is 4.74 Å². The standard InChI is InChI=1S/C10H13OS.3C4H9.Sn/c1-11-8-5-9-12-10-6-3-2-4-7-10;3*1-3-4-2;/h2-4,6-7,9H,5,8H2,1H3;3*1,3-4H2,2H3;. The number of rotatable bonds is 15. The predicted octanol–water partition coefficient (Wildman–Crippen LogP) is 7.57. The maximum atomic E-state index is 5.54. The first-order valence-corrected chi connectivity index (χ1v) is 19.0. The van der Waals surface area contributed by atoms with Gasteiger partial charge in [-0.2, -0.15) is 0 Å².